The highest BCUT2D eigenvalue weighted by Crippen LogP contribution is 2.65. The Labute approximate surface area is 317 Å². The highest BCUT2D eigenvalue weighted by Gasteiger charge is 2.70. The topological polar surface area (TPSA) is 120 Å². The number of aromatic hydroxyl groups is 1. The average molecular weight is 788 g/mol. The SMILES string of the molecule is O=C1C2CC3C(=CCC4C(=O)N(C5CCCCC5)C(=O)C43)C(c3ccc(O)cc3Cl)C2(c2ccc(Cl)cc2)C(=O)N1Nc1ncc(C(F)(F)F)cc1Cl. The largest absolute Gasteiger partial charge is 0.508 e. The predicted octanol–water partition coefficient (Wildman–Crippen LogP) is 8.08. The molecule has 3 heterocycles. The first-order valence-electron chi connectivity index (χ1n) is 17.4. The molecule has 2 aliphatic heterocycles. The van der Waals surface area contributed by atoms with Crippen molar-refractivity contribution in [3.63, 3.8) is 0 Å². The fraction of sp³-hybridized carbons (Fsp3) is 0.395. The van der Waals surface area contributed by atoms with Gasteiger partial charge in [0.1, 0.15) is 5.75 Å². The molecule has 6 atom stereocenters. The first kappa shape index (κ1) is 35.9. The summed E-state index contributed by atoms with van der Waals surface area (Å²) in [5, 5.41) is 11.1. The van der Waals surface area contributed by atoms with Gasteiger partial charge in [-0.15, -0.1) is 0 Å². The number of benzene rings is 2. The number of phenols is 1. The van der Waals surface area contributed by atoms with E-state index in [-0.39, 0.29) is 47.3 Å². The van der Waals surface area contributed by atoms with Crippen molar-refractivity contribution in [1.29, 1.82) is 0 Å². The molecule has 9 nitrogen and oxygen atoms in total. The highest BCUT2D eigenvalue weighted by atomic mass is 35.5. The van der Waals surface area contributed by atoms with Gasteiger partial charge in [0.05, 0.1) is 33.8 Å². The third-order valence-electron chi connectivity index (χ3n) is 11.8. The number of likely N-dealkylation sites (tertiary alicyclic amines) is 1. The van der Waals surface area contributed by atoms with Crippen LogP contribution in [0.4, 0.5) is 19.0 Å². The van der Waals surface area contributed by atoms with E-state index in [1.54, 1.807) is 30.3 Å². The molecule has 15 heteroatoms. The van der Waals surface area contributed by atoms with Crippen LogP contribution in [0.1, 0.15) is 67.6 Å². The molecule has 2 saturated carbocycles. The van der Waals surface area contributed by atoms with Crippen molar-refractivity contribution in [3.05, 3.63) is 98.1 Å². The Morgan fingerprint density at radius 1 is 0.868 bits per heavy atom. The standard InChI is InChI=1S/C38H32Cl3F3N4O5/c39-20-8-6-18(7-9-20)37-27(34(51)48(36(37)53)46-32-29(41)14-19(17-45-32)38(42,43)44)16-26-23(31(37)24-11-10-22(49)15-28(24)40)12-13-25-30(26)35(52)47(33(25)50)21-4-2-1-3-5-21/h6-12,14-15,17,21,25-27,30-31,49H,1-5,13,16H2,(H,45,46). The number of aromatic nitrogens is 1. The number of anilines is 1. The third-order valence-corrected chi connectivity index (χ3v) is 12.7. The molecule has 276 valence electrons. The quantitative estimate of drug-likeness (QED) is 0.198. The van der Waals surface area contributed by atoms with Crippen molar-refractivity contribution < 1.29 is 37.5 Å². The molecule has 4 fully saturated rings. The lowest BCUT2D eigenvalue weighted by Crippen LogP contribution is -2.53. The summed E-state index contributed by atoms with van der Waals surface area (Å²) in [6.07, 6.45) is 2.23. The fourth-order valence-corrected chi connectivity index (χ4v) is 10.2. The summed E-state index contributed by atoms with van der Waals surface area (Å²) >= 11 is 19.5. The van der Waals surface area contributed by atoms with Crippen LogP contribution in [-0.2, 0) is 30.8 Å². The van der Waals surface area contributed by atoms with E-state index in [4.69, 9.17) is 34.8 Å². The summed E-state index contributed by atoms with van der Waals surface area (Å²) in [5.41, 5.74) is 1.21. The van der Waals surface area contributed by atoms with E-state index in [0.717, 1.165) is 37.1 Å². The number of phenolic OH excluding ortho intramolecular Hbond substituents is 1. The molecule has 5 aliphatic rings. The molecule has 6 unspecified atom stereocenters. The number of alkyl halides is 3. The third kappa shape index (κ3) is 5.54. The second kappa shape index (κ2) is 13.0. The van der Waals surface area contributed by atoms with Gasteiger partial charge in [-0.3, -0.25) is 29.5 Å². The number of hydrazine groups is 1. The minimum atomic E-state index is -4.74. The molecule has 0 radical (unpaired) electrons. The Morgan fingerprint density at radius 3 is 2.25 bits per heavy atom. The van der Waals surface area contributed by atoms with Crippen LogP contribution in [0.5, 0.6) is 5.75 Å². The Kier molecular flexibility index (Phi) is 8.81. The second-order valence-corrected chi connectivity index (χ2v) is 15.7. The number of carbonyl (C=O) groups excluding carboxylic acids is 4. The Morgan fingerprint density at radius 2 is 1.58 bits per heavy atom. The number of nitrogens with one attached hydrogen (secondary N) is 1. The summed E-state index contributed by atoms with van der Waals surface area (Å²) < 4.78 is 40.4. The van der Waals surface area contributed by atoms with Crippen LogP contribution in [0.3, 0.4) is 0 Å². The lowest BCUT2D eigenvalue weighted by Gasteiger charge is -2.50. The molecular weight excluding hydrogens is 756 g/mol. The van der Waals surface area contributed by atoms with Crippen molar-refractivity contribution in [2.45, 2.75) is 68.5 Å². The summed E-state index contributed by atoms with van der Waals surface area (Å²) in [5.74, 6) is -6.75. The maximum atomic E-state index is 15.2. The van der Waals surface area contributed by atoms with Gasteiger partial charge in [-0.25, -0.2) is 4.98 Å². The van der Waals surface area contributed by atoms with E-state index < -0.39 is 63.6 Å². The minimum absolute atomic E-state index is 0.00369. The second-order valence-electron chi connectivity index (χ2n) is 14.5. The molecule has 3 aromatic rings. The van der Waals surface area contributed by atoms with E-state index in [0.29, 0.717) is 34.0 Å². The molecule has 8 rings (SSSR count). The normalized spacial score (nSPS) is 28.9. The number of nitrogens with zero attached hydrogens (tertiary/aromatic N) is 3. The van der Waals surface area contributed by atoms with Gasteiger partial charge in [0.15, 0.2) is 5.82 Å². The first-order chi connectivity index (χ1) is 25.2. The zero-order valence-electron chi connectivity index (χ0n) is 27.9. The number of imide groups is 2. The zero-order chi connectivity index (χ0) is 37.6. The average Bonchev–Trinajstić information content (AvgIpc) is 3.50. The molecule has 2 saturated heterocycles. The van der Waals surface area contributed by atoms with Gasteiger partial charge in [-0.1, -0.05) is 83.9 Å². The van der Waals surface area contributed by atoms with Gasteiger partial charge in [0.25, 0.3) is 11.8 Å². The molecule has 0 spiro atoms. The number of allylic oxidation sites excluding steroid dienone is 2. The monoisotopic (exact) mass is 786 g/mol. The van der Waals surface area contributed by atoms with Gasteiger partial charge in [-0.2, -0.15) is 18.2 Å². The number of rotatable bonds is 5. The Balaban J connectivity index is 1.30. The molecule has 0 bridgehead atoms. The number of amides is 4. The van der Waals surface area contributed by atoms with Gasteiger partial charge in [0, 0.05) is 28.2 Å². The maximum Gasteiger partial charge on any atom is 0.417 e. The summed E-state index contributed by atoms with van der Waals surface area (Å²) in [6.45, 7) is 0. The highest BCUT2D eigenvalue weighted by molar-refractivity contribution is 6.33. The Hall–Kier alpha value is -4.13. The summed E-state index contributed by atoms with van der Waals surface area (Å²) in [4.78, 5) is 63.7. The van der Waals surface area contributed by atoms with Crippen LogP contribution in [0.15, 0.2) is 66.4 Å². The van der Waals surface area contributed by atoms with Gasteiger partial charge < -0.3 is 5.11 Å². The van der Waals surface area contributed by atoms with Crippen LogP contribution in [0.2, 0.25) is 15.1 Å². The molecule has 2 N–H and O–H groups in total. The van der Waals surface area contributed by atoms with E-state index in [1.807, 2.05) is 6.08 Å². The van der Waals surface area contributed by atoms with E-state index in [1.165, 1.54) is 17.0 Å². The number of hydrogen-bond donors (Lipinski definition) is 2. The smallest absolute Gasteiger partial charge is 0.417 e. The van der Waals surface area contributed by atoms with Crippen molar-refractivity contribution in [2.75, 3.05) is 5.43 Å². The number of pyridine rings is 1. The fourth-order valence-electron chi connectivity index (χ4n) is 9.60. The minimum Gasteiger partial charge on any atom is -0.508 e. The molecule has 4 amide bonds. The molecule has 53 heavy (non-hydrogen) atoms. The number of halogens is 6. The van der Waals surface area contributed by atoms with Crippen molar-refractivity contribution >= 4 is 64.2 Å². The van der Waals surface area contributed by atoms with Gasteiger partial charge in [0.2, 0.25) is 11.8 Å². The van der Waals surface area contributed by atoms with Crippen molar-refractivity contribution in [3.8, 4) is 5.75 Å². The van der Waals surface area contributed by atoms with Crippen LogP contribution < -0.4 is 5.43 Å². The Bertz CT molecular complexity index is 2090. The molecule has 1 aromatic heterocycles. The van der Waals surface area contributed by atoms with Crippen LogP contribution in [0.25, 0.3) is 0 Å². The summed E-state index contributed by atoms with van der Waals surface area (Å²) in [7, 11) is 0. The molecule has 3 aliphatic carbocycles. The van der Waals surface area contributed by atoms with Crippen LogP contribution in [0, 0.1) is 23.7 Å². The first-order valence-corrected chi connectivity index (χ1v) is 18.6. The van der Waals surface area contributed by atoms with Crippen LogP contribution in [-0.4, -0.2) is 49.7 Å². The number of carbonyl (C=O) groups is 4. The maximum absolute atomic E-state index is 15.2. The van der Waals surface area contributed by atoms with Crippen molar-refractivity contribution in [2.24, 2.45) is 23.7 Å². The summed E-state index contributed by atoms with van der Waals surface area (Å²) in [6, 6.07) is 11.2. The predicted molar refractivity (Wildman–Crippen MR) is 189 cm³/mol. The van der Waals surface area contributed by atoms with E-state index >= 15 is 4.79 Å². The van der Waals surface area contributed by atoms with Gasteiger partial charge >= 0.3 is 6.18 Å². The van der Waals surface area contributed by atoms with Crippen LogP contribution >= 0.6 is 34.8 Å². The van der Waals surface area contributed by atoms with E-state index in [2.05, 4.69) is 10.4 Å². The zero-order valence-corrected chi connectivity index (χ0v) is 30.1. The van der Waals surface area contributed by atoms with Crippen molar-refractivity contribution in [1.82, 2.24) is 14.9 Å². The number of hydrogen-bond acceptors (Lipinski definition) is 7. The lowest BCUT2D eigenvalue weighted by atomic mass is 9.49. The van der Waals surface area contributed by atoms with E-state index in [9.17, 15) is 32.7 Å². The lowest BCUT2D eigenvalue weighted by molar-refractivity contribution is -0.144. The molecule has 2 aromatic carbocycles. The number of fused-ring (bicyclic) bond motifs is 4. The molecular formula is C38H32Cl3F3N4O5. The van der Waals surface area contributed by atoms with Gasteiger partial charge in [-0.05, 0) is 73.1 Å².